The summed E-state index contributed by atoms with van der Waals surface area (Å²) in [5, 5.41) is 29.2. The fourth-order valence-electron chi connectivity index (χ4n) is 1.41. The van der Waals surface area contributed by atoms with Crippen LogP contribution in [0.2, 0.25) is 0 Å². The van der Waals surface area contributed by atoms with E-state index in [0.29, 0.717) is 0 Å². The first-order valence-electron chi connectivity index (χ1n) is 5.25. The van der Waals surface area contributed by atoms with Crippen LogP contribution >= 0.6 is 0 Å². The monoisotopic (exact) mass is 268 g/mol. The quantitative estimate of drug-likeness (QED) is 0.346. The molecule has 0 aliphatic rings. The van der Waals surface area contributed by atoms with E-state index in [4.69, 9.17) is 5.21 Å². The third-order valence-corrected chi connectivity index (χ3v) is 2.38. The van der Waals surface area contributed by atoms with Crippen LogP contribution in [0, 0.1) is 10.1 Å². The van der Waals surface area contributed by atoms with Gasteiger partial charge in [-0.25, -0.2) is 5.06 Å². The van der Waals surface area contributed by atoms with Gasteiger partial charge in [-0.05, 0) is 5.56 Å². The van der Waals surface area contributed by atoms with E-state index in [1.165, 1.54) is 18.2 Å². The van der Waals surface area contributed by atoms with Crippen molar-refractivity contribution in [1.29, 1.82) is 0 Å². The highest BCUT2D eigenvalue weighted by Gasteiger charge is 2.22. The number of aliphatic hydroxyl groups is 1. The van der Waals surface area contributed by atoms with E-state index >= 15 is 0 Å². The van der Waals surface area contributed by atoms with Crippen LogP contribution in [0.3, 0.4) is 0 Å². The molecule has 8 heteroatoms. The molecule has 1 rings (SSSR count). The van der Waals surface area contributed by atoms with E-state index in [9.17, 15) is 24.8 Å². The van der Waals surface area contributed by atoms with Crippen molar-refractivity contribution < 1.29 is 24.8 Å². The fraction of sp³-hybridized carbons (Fsp3) is 0.273. The van der Waals surface area contributed by atoms with Crippen molar-refractivity contribution >= 4 is 17.4 Å². The molecule has 1 aromatic carbocycles. The molecule has 0 aliphatic carbocycles. The molecule has 19 heavy (non-hydrogen) atoms. The predicted octanol–water partition coefficient (Wildman–Crippen LogP) is 0.435. The number of hydroxylamine groups is 2. The van der Waals surface area contributed by atoms with Crippen molar-refractivity contribution in [3.8, 4) is 0 Å². The Kier molecular flexibility index (Phi) is 4.67. The summed E-state index contributed by atoms with van der Waals surface area (Å²) in [6.45, 7) is 0. The second kappa shape index (κ2) is 6.03. The topological polar surface area (TPSA) is 121 Å². The summed E-state index contributed by atoms with van der Waals surface area (Å²) in [5.74, 6) is -2.16. The number of amides is 1. The number of non-ortho nitro benzene ring substituents is 1. The number of hydrogen-bond donors (Lipinski definition) is 2. The zero-order chi connectivity index (χ0) is 14.6. The lowest BCUT2D eigenvalue weighted by molar-refractivity contribution is -0.385. The molecule has 0 heterocycles. The second-order valence-corrected chi connectivity index (χ2v) is 3.82. The normalized spacial score (nSPS) is 11.7. The van der Waals surface area contributed by atoms with Gasteiger partial charge in [0.2, 0.25) is 5.78 Å². The molecule has 8 nitrogen and oxygen atoms in total. The van der Waals surface area contributed by atoms with Crippen LogP contribution in [-0.4, -0.2) is 39.0 Å². The van der Waals surface area contributed by atoms with Crippen LogP contribution in [0.4, 0.5) is 5.69 Å². The first-order chi connectivity index (χ1) is 8.82. The van der Waals surface area contributed by atoms with Crippen molar-refractivity contribution in [3.63, 3.8) is 0 Å². The fourth-order valence-corrected chi connectivity index (χ4v) is 1.41. The Balaban J connectivity index is 2.81. The molecule has 0 fully saturated rings. The van der Waals surface area contributed by atoms with E-state index in [1.54, 1.807) is 0 Å². The van der Waals surface area contributed by atoms with Gasteiger partial charge in [-0.2, -0.15) is 0 Å². The largest absolute Gasteiger partial charge is 0.388 e. The summed E-state index contributed by atoms with van der Waals surface area (Å²) >= 11 is 0. The molecule has 1 atom stereocenters. The van der Waals surface area contributed by atoms with E-state index in [0.717, 1.165) is 13.1 Å². The third kappa shape index (κ3) is 3.83. The van der Waals surface area contributed by atoms with Gasteiger partial charge in [0.1, 0.15) is 0 Å². The number of benzene rings is 1. The average Bonchev–Trinajstić information content (AvgIpc) is 2.37. The van der Waals surface area contributed by atoms with Crippen LogP contribution in [0.5, 0.6) is 0 Å². The van der Waals surface area contributed by atoms with Gasteiger partial charge < -0.3 is 5.11 Å². The molecular formula is C11H12N2O6. The van der Waals surface area contributed by atoms with Gasteiger partial charge in [0.25, 0.3) is 5.69 Å². The molecule has 0 saturated carbocycles. The number of likely N-dealkylation sites (N-methyl/N-ethyl adjacent to an activating group) is 1. The number of ketones is 1. The number of nitro benzene ring substituents is 1. The maximum absolute atomic E-state index is 11.3. The van der Waals surface area contributed by atoms with Crippen LogP contribution in [0.15, 0.2) is 24.3 Å². The van der Waals surface area contributed by atoms with Gasteiger partial charge in [0.05, 0.1) is 11.0 Å². The number of aliphatic hydroxyl groups excluding tert-OH is 1. The molecule has 1 aromatic rings. The van der Waals surface area contributed by atoms with E-state index < -0.39 is 29.1 Å². The second-order valence-electron chi connectivity index (χ2n) is 3.82. The Labute approximate surface area is 108 Å². The molecular weight excluding hydrogens is 256 g/mol. The van der Waals surface area contributed by atoms with Crippen molar-refractivity contribution in [3.05, 3.63) is 39.9 Å². The minimum absolute atomic E-state index is 0.114. The highest BCUT2D eigenvalue weighted by atomic mass is 16.6. The smallest absolute Gasteiger partial charge is 0.313 e. The first-order valence-corrected chi connectivity index (χ1v) is 5.25. The molecule has 0 spiro atoms. The number of nitrogens with zero attached hydrogens (tertiary/aromatic N) is 2. The van der Waals surface area contributed by atoms with Crippen molar-refractivity contribution in [2.45, 2.75) is 12.5 Å². The van der Waals surface area contributed by atoms with Gasteiger partial charge in [0.15, 0.2) is 0 Å². The maximum atomic E-state index is 11.3. The minimum atomic E-state index is -1.35. The zero-order valence-electron chi connectivity index (χ0n) is 10.0. The predicted molar refractivity (Wildman–Crippen MR) is 62.2 cm³/mol. The number of carbonyl (C=O) groups excluding carboxylic acids is 2. The van der Waals surface area contributed by atoms with Gasteiger partial charge >= 0.3 is 5.91 Å². The Morgan fingerprint density at radius 3 is 2.63 bits per heavy atom. The highest BCUT2D eigenvalue weighted by molar-refractivity contribution is 6.35. The van der Waals surface area contributed by atoms with E-state index in [-0.39, 0.29) is 16.3 Å². The number of rotatable bonds is 5. The standard InChI is InChI=1S/C11H12N2O6/c1-12(17)11(16)10(15)6-9(14)7-3-2-4-8(5-7)13(18)19/h2-5,9,14,17H,6H2,1H3. The van der Waals surface area contributed by atoms with Crippen LogP contribution in [0.1, 0.15) is 18.1 Å². The Hall–Kier alpha value is -2.32. The van der Waals surface area contributed by atoms with Crippen molar-refractivity contribution in [2.24, 2.45) is 0 Å². The van der Waals surface area contributed by atoms with Crippen molar-refractivity contribution in [1.82, 2.24) is 5.06 Å². The number of nitro groups is 1. The molecule has 0 saturated heterocycles. The molecule has 1 amide bonds. The molecule has 2 N–H and O–H groups in total. The summed E-state index contributed by atoms with van der Waals surface area (Å²) < 4.78 is 0. The lowest BCUT2D eigenvalue weighted by Gasteiger charge is -2.11. The highest BCUT2D eigenvalue weighted by Crippen LogP contribution is 2.21. The number of hydrogen-bond acceptors (Lipinski definition) is 6. The van der Waals surface area contributed by atoms with Gasteiger partial charge in [-0.3, -0.25) is 24.9 Å². The Morgan fingerprint density at radius 2 is 2.11 bits per heavy atom. The van der Waals surface area contributed by atoms with E-state index in [1.807, 2.05) is 0 Å². The SMILES string of the molecule is CN(O)C(=O)C(=O)CC(O)c1cccc([N+](=O)[O-])c1. The van der Waals surface area contributed by atoms with Gasteiger partial charge in [-0.1, -0.05) is 12.1 Å². The molecule has 1 unspecified atom stereocenters. The number of Topliss-reactive ketones (excluding diaryl/α,β-unsaturated/α-hetero) is 1. The molecule has 102 valence electrons. The van der Waals surface area contributed by atoms with Crippen LogP contribution in [0.25, 0.3) is 0 Å². The lowest BCUT2D eigenvalue weighted by atomic mass is 10.0. The summed E-state index contributed by atoms with van der Waals surface area (Å²) in [6, 6.07) is 5.12. The Bertz CT molecular complexity index is 514. The Morgan fingerprint density at radius 1 is 1.47 bits per heavy atom. The summed E-state index contributed by atoms with van der Waals surface area (Å²) in [4.78, 5) is 32.4. The lowest BCUT2D eigenvalue weighted by Crippen LogP contribution is -2.31. The maximum Gasteiger partial charge on any atom is 0.313 e. The first kappa shape index (κ1) is 14.7. The third-order valence-electron chi connectivity index (χ3n) is 2.38. The van der Waals surface area contributed by atoms with E-state index in [2.05, 4.69) is 0 Å². The number of carbonyl (C=O) groups is 2. The van der Waals surface area contributed by atoms with Gasteiger partial charge in [0, 0.05) is 25.6 Å². The molecule has 0 aliphatic heterocycles. The average molecular weight is 268 g/mol. The summed E-state index contributed by atoms with van der Waals surface area (Å²) in [6.07, 6.45) is -1.92. The molecule has 0 aromatic heterocycles. The molecule has 0 radical (unpaired) electrons. The molecule has 0 bridgehead atoms. The van der Waals surface area contributed by atoms with Gasteiger partial charge in [-0.15, -0.1) is 0 Å². The van der Waals surface area contributed by atoms with Crippen LogP contribution < -0.4 is 0 Å². The van der Waals surface area contributed by atoms with Crippen molar-refractivity contribution in [2.75, 3.05) is 7.05 Å². The summed E-state index contributed by atoms with van der Waals surface area (Å²) in [5.41, 5.74) is -0.0782. The zero-order valence-corrected chi connectivity index (χ0v) is 10.0. The minimum Gasteiger partial charge on any atom is -0.388 e. The summed E-state index contributed by atoms with van der Waals surface area (Å²) in [7, 11) is 0.986. The van der Waals surface area contributed by atoms with Crippen LogP contribution in [-0.2, 0) is 9.59 Å².